The van der Waals surface area contributed by atoms with Crippen LogP contribution in [0.4, 0.5) is 10.1 Å². The molecule has 3 aromatic rings. The lowest BCUT2D eigenvalue weighted by atomic mass is 9.73. The fraction of sp³-hybridized carbons (Fsp3) is 0.348. The fourth-order valence-corrected chi connectivity index (χ4v) is 5.64. The molecule has 4 heterocycles. The maximum absolute atomic E-state index is 13.7. The smallest absolute Gasteiger partial charge is 0.272 e. The first-order valence-electron chi connectivity index (χ1n) is 11.0. The number of H-pyrrole nitrogens is 1. The summed E-state index contributed by atoms with van der Waals surface area (Å²) in [5, 5.41) is 10.1. The summed E-state index contributed by atoms with van der Waals surface area (Å²) in [7, 11) is 0. The number of halogens is 2. The number of anilines is 1. The van der Waals surface area contributed by atoms with Gasteiger partial charge in [0.2, 0.25) is 11.8 Å². The van der Waals surface area contributed by atoms with E-state index in [1.165, 1.54) is 4.90 Å². The van der Waals surface area contributed by atoms with Crippen LogP contribution in [0.1, 0.15) is 28.9 Å². The maximum Gasteiger partial charge on any atom is 0.272 e. The first-order valence-corrected chi connectivity index (χ1v) is 11.8. The summed E-state index contributed by atoms with van der Waals surface area (Å²) in [5.41, 5.74) is 1.75. The maximum atomic E-state index is 13.7. The Morgan fingerprint density at radius 2 is 2.03 bits per heavy atom. The molecule has 0 saturated carbocycles. The van der Waals surface area contributed by atoms with Crippen LogP contribution in [0.15, 0.2) is 41.1 Å². The molecule has 2 N–H and O–H groups in total. The molecule has 176 valence electrons. The second-order valence-electron chi connectivity index (χ2n) is 8.47. The van der Waals surface area contributed by atoms with Crippen molar-refractivity contribution < 1.29 is 18.8 Å². The van der Waals surface area contributed by atoms with Crippen molar-refractivity contribution in [3.8, 4) is 0 Å². The zero-order valence-corrected chi connectivity index (χ0v) is 19.8. The zero-order chi connectivity index (χ0) is 23.9. The summed E-state index contributed by atoms with van der Waals surface area (Å²) < 4.78 is 13.3. The number of carbonyl (C=O) groups is 3. The van der Waals surface area contributed by atoms with Crippen molar-refractivity contribution >= 4 is 50.2 Å². The Balaban J connectivity index is 1.38. The van der Waals surface area contributed by atoms with Gasteiger partial charge < -0.3 is 15.1 Å². The average molecular weight is 529 g/mol. The molecule has 2 aliphatic rings. The van der Waals surface area contributed by atoms with Crippen molar-refractivity contribution in [2.24, 2.45) is 0 Å². The summed E-state index contributed by atoms with van der Waals surface area (Å²) >= 11 is 3.59. The highest BCUT2D eigenvalue weighted by Gasteiger charge is 2.53. The highest BCUT2D eigenvalue weighted by molar-refractivity contribution is 9.10. The number of carbonyl (C=O) groups excluding carboxylic acids is 3. The van der Waals surface area contributed by atoms with Crippen LogP contribution in [0, 0.1) is 0 Å². The van der Waals surface area contributed by atoms with Crippen molar-refractivity contribution in [2.75, 3.05) is 37.8 Å². The lowest BCUT2D eigenvalue weighted by Crippen LogP contribution is -2.51. The number of nitrogens with zero attached hydrogens (tertiary/aromatic N) is 4. The number of aromatic amines is 1. The minimum absolute atomic E-state index is 0.0902. The molecule has 11 heteroatoms. The quantitative estimate of drug-likeness (QED) is 0.527. The third kappa shape index (κ3) is 3.64. The molecule has 3 amide bonds. The van der Waals surface area contributed by atoms with Gasteiger partial charge in [0.25, 0.3) is 5.91 Å². The predicted molar refractivity (Wildman–Crippen MR) is 126 cm³/mol. The molecular weight excluding hydrogens is 507 g/mol. The zero-order valence-electron chi connectivity index (χ0n) is 18.2. The Bertz CT molecular complexity index is 1290. The highest BCUT2D eigenvalue weighted by Crippen LogP contribution is 2.50. The van der Waals surface area contributed by atoms with Gasteiger partial charge in [-0.05, 0) is 31.0 Å². The molecule has 0 bridgehead atoms. The molecule has 2 aromatic heterocycles. The number of likely N-dealkylation sites (tertiary alicyclic amines) is 1. The molecule has 34 heavy (non-hydrogen) atoms. The third-order valence-corrected chi connectivity index (χ3v) is 7.24. The molecule has 1 aromatic carbocycles. The SMILES string of the molecule is O=C(CN1C(=O)C2(CCN(C(=O)c3cc4cn[nH]c4cn3)CC2)c2c(Br)cccc21)NCCF. The average Bonchev–Trinajstić information content (AvgIpc) is 3.40. The Labute approximate surface area is 202 Å². The van der Waals surface area contributed by atoms with Crippen molar-refractivity contribution in [1.82, 2.24) is 25.4 Å². The van der Waals surface area contributed by atoms with Crippen molar-refractivity contribution in [1.29, 1.82) is 0 Å². The van der Waals surface area contributed by atoms with Crippen LogP contribution in [0.2, 0.25) is 0 Å². The van der Waals surface area contributed by atoms with E-state index in [2.05, 4.69) is 36.4 Å². The second kappa shape index (κ2) is 8.79. The van der Waals surface area contributed by atoms with Gasteiger partial charge in [0.05, 0.1) is 23.3 Å². The van der Waals surface area contributed by atoms with E-state index >= 15 is 0 Å². The van der Waals surface area contributed by atoms with Gasteiger partial charge in [-0.2, -0.15) is 5.10 Å². The molecule has 1 fully saturated rings. The van der Waals surface area contributed by atoms with Crippen LogP contribution in [0.3, 0.4) is 0 Å². The van der Waals surface area contributed by atoms with Crippen LogP contribution in [0.5, 0.6) is 0 Å². The highest BCUT2D eigenvalue weighted by atomic mass is 79.9. The molecule has 0 unspecified atom stereocenters. The normalized spacial score (nSPS) is 16.8. The van der Waals surface area contributed by atoms with E-state index in [0.717, 1.165) is 20.9 Å². The molecule has 5 rings (SSSR count). The number of benzene rings is 1. The first-order chi connectivity index (χ1) is 16.4. The molecule has 2 aliphatic heterocycles. The summed E-state index contributed by atoms with van der Waals surface area (Å²) in [6, 6.07) is 7.22. The number of amides is 3. The Morgan fingerprint density at radius 3 is 2.79 bits per heavy atom. The van der Waals surface area contributed by atoms with Crippen LogP contribution in [-0.2, 0) is 15.0 Å². The lowest BCUT2D eigenvalue weighted by Gasteiger charge is -2.38. The lowest BCUT2D eigenvalue weighted by molar-refractivity contribution is -0.127. The number of hydrogen-bond acceptors (Lipinski definition) is 5. The third-order valence-electron chi connectivity index (χ3n) is 6.58. The van der Waals surface area contributed by atoms with E-state index in [1.54, 1.807) is 23.4 Å². The largest absolute Gasteiger partial charge is 0.352 e. The van der Waals surface area contributed by atoms with Gasteiger partial charge >= 0.3 is 0 Å². The van der Waals surface area contributed by atoms with Gasteiger partial charge in [-0.1, -0.05) is 22.0 Å². The number of aromatic nitrogens is 3. The first kappa shape index (κ1) is 22.5. The number of alkyl halides is 1. The molecule has 0 radical (unpaired) electrons. The summed E-state index contributed by atoms with van der Waals surface area (Å²) in [4.78, 5) is 46.5. The molecule has 1 saturated heterocycles. The van der Waals surface area contributed by atoms with E-state index < -0.39 is 18.0 Å². The number of nitrogens with one attached hydrogen (secondary N) is 2. The number of piperidine rings is 1. The van der Waals surface area contributed by atoms with Crippen molar-refractivity contribution in [3.05, 3.63) is 52.4 Å². The van der Waals surface area contributed by atoms with Crippen LogP contribution in [-0.4, -0.2) is 70.7 Å². The standard InChI is InChI=1S/C23H22BrFN6O3/c24-15-2-1-3-18-20(15)23(22(34)31(18)13-19(32)26-7-6-25)4-8-30(9-5-23)21(33)16-10-14-11-28-29-17(14)12-27-16/h1-3,10-12H,4-9,13H2,(H,26,32)(H,28,29). The van der Waals surface area contributed by atoms with Gasteiger partial charge in [-0.15, -0.1) is 0 Å². The Hall–Kier alpha value is -3.34. The van der Waals surface area contributed by atoms with Gasteiger partial charge in [-0.25, -0.2) is 9.37 Å². The van der Waals surface area contributed by atoms with E-state index in [0.29, 0.717) is 37.3 Å². The van der Waals surface area contributed by atoms with Crippen LogP contribution < -0.4 is 10.2 Å². The molecule has 0 atom stereocenters. The van der Waals surface area contributed by atoms with Crippen molar-refractivity contribution in [2.45, 2.75) is 18.3 Å². The number of rotatable bonds is 5. The van der Waals surface area contributed by atoms with Gasteiger partial charge in [0.1, 0.15) is 18.9 Å². The number of pyridine rings is 1. The second-order valence-corrected chi connectivity index (χ2v) is 9.32. The number of hydrogen-bond donors (Lipinski definition) is 2. The van der Waals surface area contributed by atoms with E-state index in [-0.39, 0.29) is 24.9 Å². The van der Waals surface area contributed by atoms with E-state index in [4.69, 9.17) is 0 Å². The fourth-order valence-electron chi connectivity index (χ4n) is 4.91. The summed E-state index contributed by atoms with van der Waals surface area (Å²) in [6.07, 6.45) is 4.07. The molecule has 0 aliphatic carbocycles. The van der Waals surface area contributed by atoms with Crippen molar-refractivity contribution in [3.63, 3.8) is 0 Å². The topological polar surface area (TPSA) is 111 Å². The summed E-state index contributed by atoms with van der Waals surface area (Å²) in [5.74, 6) is -0.782. The summed E-state index contributed by atoms with van der Waals surface area (Å²) in [6.45, 7) is -0.191. The molecule has 9 nitrogen and oxygen atoms in total. The van der Waals surface area contributed by atoms with Crippen LogP contribution >= 0.6 is 15.9 Å². The minimum atomic E-state index is -0.839. The van der Waals surface area contributed by atoms with Gasteiger partial charge in [0.15, 0.2) is 0 Å². The Kier molecular flexibility index (Phi) is 5.80. The molecule has 1 spiro atoms. The monoisotopic (exact) mass is 528 g/mol. The predicted octanol–water partition coefficient (Wildman–Crippen LogP) is 2.33. The van der Waals surface area contributed by atoms with Gasteiger partial charge in [-0.3, -0.25) is 19.5 Å². The number of fused-ring (bicyclic) bond motifs is 3. The van der Waals surface area contributed by atoms with E-state index in [1.807, 2.05) is 18.2 Å². The van der Waals surface area contributed by atoms with E-state index in [9.17, 15) is 18.8 Å². The minimum Gasteiger partial charge on any atom is -0.352 e. The Morgan fingerprint density at radius 1 is 1.24 bits per heavy atom. The van der Waals surface area contributed by atoms with Crippen LogP contribution in [0.25, 0.3) is 10.9 Å². The molecular formula is C23H22BrFN6O3. The van der Waals surface area contributed by atoms with Gasteiger partial charge in [0, 0.05) is 40.7 Å².